The molecule has 1 unspecified atom stereocenters. The third-order valence-electron chi connectivity index (χ3n) is 4.19. The Hall–Kier alpha value is -3.48. The van der Waals surface area contributed by atoms with Crippen LogP contribution in [0.5, 0.6) is 17.4 Å². The number of H-pyrrole nitrogens is 1. The number of nitrogens with one attached hydrogen (secondary N) is 1. The lowest BCUT2D eigenvalue weighted by Gasteiger charge is -2.11. The third-order valence-corrected chi connectivity index (χ3v) is 4.19. The van der Waals surface area contributed by atoms with Crippen LogP contribution in [0.15, 0.2) is 54.6 Å². The zero-order valence-electron chi connectivity index (χ0n) is 15.1. The Morgan fingerprint density at radius 1 is 1.19 bits per heavy atom. The van der Waals surface area contributed by atoms with Crippen molar-refractivity contribution in [1.29, 1.82) is 0 Å². The van der Waals surface area contributed by atoms with Gasteiger partial charge >= 0.3 is 6.09 Å². The molecule has 0 bridgehead atoms. The second kappa shape index (κ2) is 8.27. The minimum atomic E-state index is -0.889. The zero-order valence-corrected chi connectivity index (χ0v) is 15.1. The lowest BCUT2D eigenvalue weighted by Crippen LogP contribution is -2.17. The predicted molar refractivity (Wildman–Crippen MR) is 100 cm³/mol. The Kier molecular flexibility index (Phi) is 5.61. The van der Waals surface area contributed by atoms with E-state index >= 15 is 0 Å². The zero-order chi connectivity index (χ0) is 19.2. The number of benzene rings is 2. The van der Waals surface area contributed by atoms with E-state index in [4.69, 9.17) is 19.9 Å². The highest BCUT2D eigenvalue weighted by Gasteiger charge is 2.14. The first kappa shape index (κ1) is 18.3. The first-order chi connectivity index (χ1) is 13.1. The summed E-state index contributed by atoms with van der Waals surface area (Å²) in [6.45, 7) is 2.23. The molecule has 140 valence electrons. The van der Waals surface area contributed by atoms with E-state index < -0.39 is 6.09 Å². The molecule has 3 N–H and O–H groups in total. The van der Waals surface area contributed by atoms with Gasteiger partial charge in [-0.2, -0.15) is 0 Å². The highest BCUT2D eigenvalue weighted by molar-refractivity contribution is 5.68. The molecule has 3 aromatic rings. The van der Waals surface area contributed by atoms with Gasteiger partial charge in [0, 0.05) is 23.2 Å². The first-order valence-corrected chi connectivity index (χ1v) is 8.44. The van der Waals surface area contributed by atoms with E-state index in [1.807, 2.05) is 24.3 Å². The largest absolute Gasteiger partial charge is 0.497 e. The highest BCUT2D eigenvalue weighted by Crippen LogP contribution is 2.27. The second-order valence-electron chi connectivity index (χ2n) is 5.98. The van der Waals surface area contributed by atoms with Crippen LogP contribution in [-0.2, 0) is 6.61 Å². The van der Waals surface area contributed by atoms with Crippen LogP contribution in [0.25, 0.3) is 0 Å². The maximum atomic E-state index is 11.1. The number of primary amides is 1. The Balaban J connectivity index is 1.72. The van der Waals surface area contributed by atoms with Crippen LogP contribution < -0.4 is 19.9 Å². The monoisotopic (exact) mass is 367 g/mol. The van der Waals surface area contributed by atoms with Crippen LogP contribution >= 0.6 is 0 Å². The molecule has 7 nitrogen and oxygen atoms in total. The molecular weight excluding hydrogens is 346 g/mol. The number of hydrogen-bond acceptors (Lipinski definition) is 5. The van der Waals surface area contributed by atoms with Crippen molar-refractivity contribution >= 4 is 6.09 Å². The number of carbonyl (C=O) groups excluding carboxylic acids is 1. The molecule has 0 fully saturated rings. The summed E-state index contributed by atoms with van der Waals surface area (Å²) in [4.78, 5) is 11.1. The van der Waals surface area contributed by atoms with Crippen molar-refractivity contribution in [3.63, 3.8) is 0 Å². The Morgan fingerprint density at radius 2 is 1.96 bits per heavy atom. The fourth-order valence-corrected chi connectivity index (χ4v) is 2.69. The fraction of sp³-hybridized carbons (Fsp3) is 0.200. The molecule has 1 amide bonds. The van der Waals surface area contributed by atoms with Gasteiger partial charge in [-0.25, -0.2) is 4.79 Å². The standard InChI is InChI=1S/C20H21N3O4/c1-13(14-6-4-3-5-7-14)17-11-19(23-22-17)26-12-15-10-16(25-2)8-9-18(15)27-20(21)24/h3-11,13H,12H2,1-2H3,(H2,21,24)(H,22,23). The molecule has 27 heavy (non-hydrogen) atoms. The summed E-state index contributed by atoms with van der Waals surface area (Å²) >= 11 is 0. The molecule has 7 heteroatoms. The van der Waals surface area contributed by atoms with Crippen molar-refractivity contribution in [3.8, 4) is 17.4 Å². The molecule has 1 aromatic heterocycles. The number of methoxy groups -OCH3 is 1. The molecule has 2 aromatic carbocycles. The Morgan fingerprint density at radius 3 is 2.67 bits per heavy atom. The van der Waals surface area contributed by atoms with Gasteiger partial charge in [-0.15, -0.1) is 5.10 Å². The molecule has 0 saturated carbocycles. The molecule has 3 rings (SSSR count). The van der Waals surface area contributed by atoms with E-state index in [-0.39, 0.29) is 12.5 Å². The van der Waals surface area contributed by atoms with Gasteiger partial charge in [0.25, 0.3) is 0 Å². The number of carbonyl (C=O) groups is 1. The van der Waals surface area contributed by atoms with Gasteiger partial charge in [-0.3, -0.25) is 5.10 Å². The van der Waals surface area contributed by atoms with E-state index in [2.05, 4.69) is 29.3 Å². The van der Waals surface area contributed by atoms with Crippen molar-refractivity contribution in [2.45, 2.75) is 19.4 Å². The van der Waals surface area contributed by atoms with Crippen molar-refractivity contribution in [1.82, 2.24) is 10.2 Å². The number of ether oxygens (including phenoxy) is 3. The number of nitrogens with two attached hydrogens (primary N) is 1. The van der Waals surface area contributed by atoms with Gasteiger partial charge in [-0.1, -0.05) is 37.3 Å². The fourth-order valence-electron chi connectivity index (χ4n) is 2.69. The molecule has 0 aliphatic rings. The van der Waals surface area contributed by atoms with Crippen LogP contribution in [0, 0.1) is 0 Å². The van der Waals surface area contributed by atoms with Crippen LogP contribution in [-0.4, -0.2) is 23.4 Å². The number of aromatic nitrogens is 2. The summed E-state index contributed by atoms with van der Waals surface area (Å²) in [5, 5.41) is 7.20. The summed E-state index contributed by atoms with van der Waals surface area (Å²) in [6.07, 6.45) is -0.889. The minimum absolute atomic E-state index is 0.143. The molecule has 1 atom stereocenters. The van der Waals surface area contributed by atoms with Gasteiger partial charge in [0.2, 0.25) is 5.88 Å². The Labute approximate surface area is 157 Å². The number of aromatic amines is 1. The van der Waals surface area contributed by atoms with Crippen molar-refractivity contribution < 1.29 is 19.0 Å². The summed E-state index contributed by atoms with van der Waals surface area (Å²) in [5.41, 5.74) is 7.85. The summed E-state index contributed by atoms with van der Waals surface area (Å²) < 4.78 is 16.0. The SMILES string of the molecule is COc1ccc(OC(N)=O)c(COc2cc(C(C)c3ccccc3)[nH]n2)c1. The molecule has 0 spiro atoms. The van der Waals surface area contributed by atoms with E-state index in [1.165, 1.54) is 5.56 Å². The van der Waals surface area contributed by atoms with Gasteiger partial charge in [-0.05, 0) is 23.8 Å². The van der Waals surface area contributed by atoms with Crippen molar-refractivity contribution in [2.75, 3.05) is 7.11 Å². The van der Waals surface area contributed by atoms with Crippen LogP contribution in [0.2, 0.25) is 0 Å². The van der Waals surface area contributed by atoms with E-state index in [9.17, 15) is 4.79 Å². The van der Waals surface area contributed by atoms with Gasteiger partial charge < -0.3 is 19.9 Å². The van der Waals surface area contributed by atoms with Crippen LogP contribution in [0.4, 0.5) is 4.79 Å². The lowest BCUT2D eigenvalue weighted by atomic mass is 9.98. The van der Waals surface area contributed by atoms with Crippen LogP contribution in [0.3, 0.4) is 0 Å². The van der Waals surface area contributed by atoms with Crippen molar-refractivity contribution in [3.05, 3.63) is 71.4 Å². The molecule has 0 saturated heterocycles. The van der Waals surface area contributed by atoms with E-state index in [0.29, 0.717) is 22.9 Å². The predicted octanol–water partition coefficient (Wildman–Crippen LogP) is 3.61. The van der Waals surface area contributed by atoms with E-state index in [1.54, 1.807) is 25.3 Å². The lowest BCUT2D eigenvalue weighted by molar-refractivity contribution is 0.208. The first-order valence-electron chi connectivity index (χ1n) is 8.44. The van der Waals surface area contributed by atoms with Gasteiger partial charge in [0.05, 0.1) is 7.11 Å². The number of nitrogens with zero attached hydrogens (tertiary/aromatic N) is 1. The minimum Gasteiger partial charge on any atom is -0.497 e. The van der Waals surface area contributed by atoms with Crippen molar-refractivity contribution in [2.24, 2.45) is 5.73 Å². The quantitative estimate of drug-likeness (QED) is 0.664. The smallest absolute Gasteiger partial charge is 0.409 e. The normalized spacial score (nSPS) is 11.6. The summed E-state index contributed by atoms with van der Waals surface area (Å²) in [7, 11) is 1.56. The van der Waals surface area contributed by atoms with E-state index in [0.717, 1.165) is 5.69 Å². The molecular formula is C20H21N3O4. The second-order valence-corrected chi connectivity index (χ2v) is 5.98. The number of hydrogen-bond donors (Lipinski definition) is 2. The maximum absolute atomic E-state index is 11.1. The Bertz CT molecular complexity index is 909. The summed E-state index contributed by atoms with van der Waals surface area (Å²) in [5.74, 6) is 1.53. The molecule has 1 heterocycles. The molecule has 0 aliphatic heterocycles. The van der Waals surface area contributed by atoms with Crippen LogP contribution in [0.1, 0.15) is 29.7 Å². The number of amides is 1. The molecule has 0 aliphatic carbocycles. The third kappa shape index (κ3) is 4.58. The average molecular weight is 367 g/mol. The highest BCUT2D eigenvalue weighted by atomic mass is 16.5. The number of rotatable bonds is 7. The van der Waals surface area contributed by atoms with Gasteiger partial charge in [0.15, 0.2) is 0 Å². The maximum Gasteiger partial charge on any atom is 0.409 e. The van der Waals surface area contributed by atoms with Gasteiger partial charge in [0.1, 0.15) is 18.1 Å². The topological polar surface area (TPSA) is 99.5 Å². The summed E-state index contributed by atoms with van der Waals surface area (Å²) in [6, 6.07) is 17.0. The average Bonchev–Trinajstić information content (AvgIpc) is 3.16. The molecule has 0 radical (unpaired) electrons.